The predicted molar refractivity (Wildman–Crippen MR) is 82.2 cm³/mol. The summed E-state index contributed by atoms with van der Waals surface area (Å²) in [6.07, 6.45) is 8.04. The average Bonchev–Trinajstić information content (AvgIpc) is 3.27. The van der Waals surface area contributed by atoms with E-state index in [2.05, 4.69) is 15.2 Å². The van der Waals surface area contributed by atoms with Gasteiger partial charge in [0.25, 0.3) is 5.91 Å². The number of hydrogen-bond donors (Lipinski definition) is 0. The minimum absolute atomic E-state index is 0.0627. The van der Waals surface area contributed by atoms with E-state index in [4.69, 9.17) is 4.74 Å². The number of carbonyl (C=O) groups is 1. The molecule has 120 valence electrons. The van der Waals surface area contributed by atoms with E-state index in [1.54, 1.807) is 35.6 Å². The van der Waals surface area contributed by atoms with Crippen molar-refractivity contribution in [3.63, 3.8) is 0 Å². The topological polar surface area (TPSA) is 73.1 Å². The number of likely N-dealkylation sites (tertiary alicyclic amines) is 1. The van der Waals surface area contributed by atoms with Crippen molar-refractivity contribution in [2.75, 3.05) is 26.3 Å². The standard InChI is InChI=1S/C16H19N5O2/c22-15(20-6-1-3-16(9-20)4-7-23-10-16)13-2-5-17-14(8-13)21-11-18-19-12-21/h2,5,8,11-12H,1,3-4,6-7,9-10H2/t16-/m1/s1. The molecule has 2 aromatic heterocycles. The van der Waals surface area contributed by atoms with Crippen molar-refractivity contribution < 1.29 is 9.53 Å². The highest BCUT2D eigenvalue weighted by molar-refractivity contribution is 5.94. The van der Waals surface area contributed by atoms with Gasteiger partial charge < -0.3 is 9.64 Å². The van der Waals surface area contributed by atoms with E-state index >= 15 is 0 Å². The second-order valence-electron chi connectivity index (χ2n) is 6.40. The van der Waals surface area contributed by atoms with Crippen LogP contribution in [0.1, 0.15) is 29.6 Å². The monoisotopic (exact) mass is 313 g/mol. The zero-order chi connectivity index (χ0) is 15.7. The van der Waals surface area contributed by atoms with E-state index < -0.39 is 0 Å². The highest BCUT2D eigenvalue weighted by Gasteiger charge is 2.40. The molecular formula is C16H19N5O2. The summed E-state index contributed by atoms with van der Waals surface area (Å²) in [5, 5.41) is 7.55. The van der Waals surface area contributed by atoms with Crippen LogP contribution in [-0.2, 0) is 4.74 Å². The van der Waals surface area contributed by atoms with Crippen LogP contribution in [0.25, 0.3) is 5.82 Å². The third-order valence-electron chi connectivity index (χ3n) is 4.81. The molecule has 0 radical (unpaired) electrons. The maximum atomic E-state index is 12.9. The lowest BCUT2D eigenvalue weighted by molar-refractivity contribution is 0.0462. The lowest BCUT2D eigenvalue weighted by atomic mass is 9.79. The lowest BCUT2D eigenvalue weighted by Gasteiger charge is -2.39. The number of carbonyl (C=O) groups excluding carboxylic acids is 1. The van der Waals surface area contributed by atoms with Gasteiger partial charge in [-0.3, -0.25) is 9.36 Å². The van der Waals surface area contributed by atoms with Gasteiger partial charge in [0.1, 0.15) is 18.5 Å². The molecule has 0 saturated carbocycles. The van der Waals surface area contributed by atoms with Crippen LogP contribution in [0.4, 0.5) is 0 Å². The Hall–Kier alpha value is -2.28. The number of aromatic nitrogens is 4. The number of hydrogen-bond acceptors (Lipinski definition) is 5. The number of rotatable bonds is 2. The van der Waals surface area contributed by atoms with Crippen molar-refractivity contribution in [2.24, 2.45) is 5.41 Å². The molecule has 0 unspecified atom stereocenters. The van der Waals surface area contributed by atoms with Crippen LogP contribution in [0, 0.1) is 5.41 Å². The second kappa shape index (κ2) is 5.73. The Morgan fingerprint density at radius 1 is 1.26 bits per heavy atom. The Bertz CT molecular complexity index is 694. The molecule has 1 spiro atoms. The largest absolute Gasteiger partial charge is 0.381 e. The molecule has 2 saturated heterocycles. The maximum absolute atomic E-state index is 12.9. The van der Waals surface area contributed by atoms with Gasteiger partial charge in [0.15, 0.2) is 0 Å². The molecule has 2 aliphatic heterocycles. The SMILES string of the molecule is O=C(c1ccnc(-n2cnnc2)c1)N1CCC[C@@]2(CCOC2)C1. The Labute approximate surface area is 134 Å². The van der Waals surface area contributed by atoms with Gasteiger partial charge in [0, 0.05) is 36.9 Å². The van der Waals surface area contributed by atoms with Crippen LogP contribution >= 0.6 is 0 Å². The van der Waals surface area contributed by atoms with Gasteiger partial charge in [0.05, 0.1) is 6.61 Å². The zero-order valence-electron chi connectivity index (χ0n) is 12.9. The van der Waals surface area contributed by atoms with Gasteiger partial charge >= 0.3 is 0 Å². The molecule has 0 aliphatic carbocycles. The summed E-state index contributed by atoms with van der Waals surface area (Å²) in [4.78, 5) is 19.1. The second-order valence-corrected chi connectivity index (χ2v) is 6.40. The molecule has 1 atom stereocenters. The molecule has 2 aromatic rings. The average molecular weight is 313 g/mol. The molecule has 4 rings (SSSR count). The van der Waals surface area contributed by atoms with E-state index in [-0.39, 0.29) is 11.3 Å². The Kier molecular flexibility index (Phi) is 3.57. The number of nitrogens with zero attached hydrogens (tertiary/aromatic N) is 5. The van der Waals surface area contributed by atoms with Crippen LogP contribution in [0.2, 0.25) is 0 Å². The summed E-state index contributed by atoms with van der Waals surface area (Å²) in [6, 6.07) is 3.56. The fourth-order valence-corrected chi connectivity index (χ4v) is 3.55. The Balaban J connectivity index is 1.56. The quantitative estimate of drug-likeness (QED) is 0.835. The van der Waals surface area contributed by atoms with Gasteiger partial charge in [0.2, 0.25) is 0 Å². The maximum Gasteiger partial charge on any atom is 0.254 e. The first-order valence-corrected chi connectivity index (χ1v) is 7.94. The van der Waals surface area contributed by atoms with Crippen LogP contribution in [0.15, 0.2) is 31.0 Å². The van der Waals surface area contributed by atoms with Crippen molar-refractivity contribution in [3.8, 4) is 5.82 Å². The van der Waals surface area contributed by atoms with E-state index in [0.717, 1.165) is 45.6 Å². The van der Waals surface area contributed by atoms with Gasteiger partial charge in [-0.05, 0) is 31.4 Å². The van der Waals surface area contributed by atoms with E-state index in [0.29, 0.717) is 11.4 Å². The van der Waals surface area contributed by atoms with Crippen LogP contribution in [-0.4, -0.2) is 56.9 Å². The van der Waals surface area contributed by atoms with Crippen LogP contribution in [0.3, 0.4) is 0 Å². The molecule has 2 aliphatic rings. The molecule has 4 heterocycles. The van der Waals surface area contributed by atoms with Crippen molar-refractivity contribution in [2.45, 2.75) is 19.3 Å². The van der Waals surface area contributed by atoms with Crippen molar-refractivity contribution in [1.82, 2.24) is 24.6 Å². The summed E-state index contributed by atoms with van der Waals surface area (Å²) in [5.74, 6) is 0.712. The van der Waals surface area contributed by atoms with Crippen molar-refractivity contribution in [1.29, 1.82) is 0 Å². The molecule has 7 heteroatoms. The van der Waals surface area contributed by atoms with Crippen LogP contribution < -0.4 is 0 Å². The summed E-state index contributed by atoms with van der Waals surface area (Å²) in [7, 11) is 0. The smallest absolute Gasteiger partial charge is 0.254 e. The minimum atomic E-state index is 0.0627. The van der Waals surface area contributed by atoms with Gasteiger partial charge in [-0.1, -0.05) is 0 Å². The summed E-state index contributed by atoms with van der Waals surface area (Å²) >= 11 is 0. The highest BCUT2D eigenvalue weighted by Crippen LogP contribution is 2.38. The number of ether oxygens (including phenoxy) is 1. The van der Waals surface area contributed by atoms with Gasteiger partial charge in [-0.2, -0.15) is 0 Å². The molecule has 0 aromatic carbocycles. The Morgan fingerprint density at radius 2 is 2.13 bits per heavy atom. The zero-order valence-corrected chi connectivity index (χ0v) is 12.9. The van der Waals surface area contributed by atoms with Gasteiger partial charge in [-0.15, -0.1) is 10.2 Å². The minimum Gasteiger partial charge on any atom is -0.381 e. The first kappa shape index (κ1) is 14.3. The van der Waals surface area contributed by atoms with Crippen molar-refractivity contribution >= 4 is 5.91 Å². The first-order chi connectivity index (χ1) is 11.3. The van der Waals surface area contributed by atoms with E-state index in [9.17, 15) is 4.79 Å². The molecular weight excluding hydrogens is 294 g/mol. The number of pyridine rings is 1. The predicted octanol–water partition coefficient (Wildman–Crippen LogP) is 1.30. The highest BCUT2D eigenvalue weighted by atomic mass is 16.5. The third-order valence-corrected chi connectivity index (χ3v) is 4.81. The summed E-state index contributed by atoms with van der Waals surface area (Å²) < 4.78 is 7.27. The summed E-state index contributed by atoms with van der Waals surface area (Å²) in [6.45, 7) is 3.19. The summed E-state index contributed by atoms with van der Waals surface area (Å²) in [5.41, 5.74) is 0.817. The van der Waals surface area contributed by atoms with Gasteiger partial charge in [-0.25, -0.2) is 4.98 Å². The fourth-order valence-electron chi connectivity index (χ4n) is 3.55. The Morgan fingerprint density at radius 3 is 2.91 bits per heavy atom. The molecule has 23 heavy (non-hydrogen) atoms. The molecule has 0 N–H and O–H groups in total. The van der Waals surface area contributed by atoms with E-state index in [1.165, 1.54) is 0 Å². The molecule has 0 bridgehead atoms. The number of piperidine rings is 1. The fraction of sp³-hybridized carbons (Fsp3) is 0.500. The van der Waals surface area contributed by atoms with Crippen LogP contribution in [0.5, 0.6) is 0 Å². The number of amides is 1. The molecule has 2 fully saturated rings. The molecule has 7 nitrogen and oxygen atoms in total. The van der Waals surface area contributed by atoms with E-state index in [1.807, 2.05) is 4.90 Å². The first-order valence-electron chi connectivity index (χ1n) is 7.94. The normalized spacial score (nSPS) is 24.3. The van der Waals surface area contributed by atoms with Crippen molar-refractivity contribution in [3.05, 3.63) is 36.5 Å². The lowest BCUT2D eigenvalue weighted by Crippen LogP contribution is -2.46. The molecule has 1 amide bonds. The third kappa shape index (κ3) is 2.72.